The number of carbonyl (C=O) groups excluding carboxylic acids is 1. The molecular formula is C6H3F3N2O3. The van der Waals surface area contributed by atoms with Crippen LogP contribution >= 0.6 is 0 Å². The van der Waals surface area contributed by atoms with Gasteiger partial charge in [0.25, 0.3) is 0 Å². The second-order valence-corrected chi connectivity index (χ2v) is 2.12. The highest BCUT2D eigenvalue weighted by molar-refractivity contribution is 5.75. The standard InChI is InChI=1S/C6H3F3N2O3/c7-6(8,9)5(13)14-11-2-1-10-3-4(11)12/h1-3H. The molecule has 0 aliphatic rings. The molecule has 0 bridgehead atoms. The van der Waals surface area contributed by atoms with Crippen LogP contribution < -0.4 is 10.4 Å². The van der Waals surface area contributed by atoms with Crippen molar-refractivity contribution < 1.29 is 22.8 Å². The Morgan fingerprint density at radius 3 is 2.64 bits per heavy atom. The van der Waals surface area contributed by atoms with Gasteiger partial charge in [-0.3, -0.25) is 9.78 Å². The third-order valence-corrected chi connectivity index (χ3v) is 1.10. The maximum Gasteiger partial charge on any atom is 0.493 e. The first-order chi connectivity index (χ1) is 6.41. The smallest absolute Gasteiger partial charge is 0.325 e. The quantitative estimate of drug-likeness (QED) is 0.639. The first kappa shape index (κ1) is 10.2. The average Bonchev–Trinajstić information content (AvgIpc) is 2.07. The molecule has 0 N–H and O–H groups in total. The lowest BCUT2D eigenvalue weighted by atomic mass is 10.7. The van der Waals surface area contributed by atoms with Crippen LogP contribution in [0.2, 0.25) is 0 Å². The van der Waals surface area contributed by atoms with Crippen LogP contribution in [-0.4, -0.2) is 21.9 Å². The van der Waals surface area contributed by atoms with E-state index in [2.05, 4.69) is 9.82 Å². The van der Waals surface area contributed by atoms with Crippen LogP contribution in [0.15, 0.2) is 23.4 Å². The van der Waals surface area contributed by atoms with Crippen molar-refractivity contribution in [1.29, 1.82) is 0 Å². The van der Waals surface area contributed by atoms with E-state index in [4.69, 9.17) is 0 Å². The summed E-state index contributed by atoms with van der Waals surface area (Å²) in [5, 5.41) is 0. The molecule has 0 radical (unpaired) electrons. The Kier molecular flexibility index (Phi) is 2.54. The van der Waals surface area contributed by atoms with E-state index in [1.54, 1.807) is 0 Å². The second kappa shape index (κ2) is 3.48. The minimum absolute atomic E-state index is 0.142. The van der Waals surface area contributed by atoms with E-state index in [9.17, 15) is 22.8 Å². The van der Waals surface area contributed by atoms with Crippen molar-refractivity contribution >= 4 is 5.97 Å². The molecule has 1 aromatic heterocycles. The van der Waals surface area contributed by atoms with Crippen molar-refractivity contribution in [1.82, 2.24) is 9.71 Å². The van der Waals surface area contributed by atoms with Crippen molar-refractivity contribution in [3.63, 3.8) is 0 Å². The number of nitrogens with zero attached hydrogens (tertiary/aromatic N) is 2. The summed E-state index contributed by atoms with van der Waals surface area (Å²) in [7, 11) is 0. The Morgan fingerprint density at radius 2 is 2.14 bits per heavy atom. The Labute approximate surface area is 74.7 Å². The summed E-state index contributed by atoms with van der Waals surface area (Å²) >= 11 is 0. The van der Waals surface area contributed by atoms with Gasteiger partial charge < -0.3 is 4.84 Å². The van der Waals surface area contributed by atoms with Crippen LogP contribution in [0.4, 0.5) is 13.2 Å². The molecule has 0 saturated carbocycles. The third-order valence-electron chi connectivity index (χ3n) is 1.10. The summed E-state index contributed by atoms with van der Waals surface area (Å²) in [5.41, 5.74) is -0.968. The van der Waals surface area contributed by atoms with Crippen molar-refractivity contribution in [2.45, 2.75) is 6.18 Å². The maximum atomic E-state index is 11.7. The fourth-order valence-electron chi connectivity index (χ4n) is 0.553. The predicted molar refractivity (Wildman–Crippen MR) is 36.1 cm³/mol. The highest BCUT2D eigenvalue weighted by Crippen LogP contribution is 2.14. The second-order valence-electron chi connectivity index (χ2n) is 2.12. The fourth-order valence-corrected chi connectivity index (χ4v) is 0.553. The highest BCUT2D eigenvalue weighted by atomic mass is 19.4. The van der Waals surface area contributed by atoms with Gasteiger partial charge in [-0.1, -0.05) is 0 Å². The summed E-state index contributed by atoms with van der Waals surface area (Å²) in [5.74, 6) is -2.47. The van der Waals surface area contributed by atoms with Crippen LogP contribution in [0.1, 0.15) is 0 Å². The molecular weight excluding hydrogens is 205 g/mol. The molecule has 0 aliphatic carbocycles. The van der Waals surface area contributed by atoms with E-state index in [-0.39, 0.29) is 4.73 Å². The minimum Gasteiger partial charge on any atom is -0.325 e. The van der Waals surface area contributed by atoms with Crippen LogP contribution in [0.5, 0.6) is 0 Å². The summed E-state index contributed by atoms with van der Waals surface area (Å²) in [6.45, 7) is 0. The maximum absolute atomic E-state index is 11.7. The SMILES string of the molecule is O=C(On1ccncc1=O)C(F)(F)F. The van der Waals surface area contributed by atoms with Crippen molar-refractivity contribution in [2.24, 2.45) is 0 Å². The zero-order valence-electron chi connectivity index (χ0n) is 6.49. The molecule has 0 saturated heterocycles. The van der Waals surface area contributed by atoms with Gasteiger partial charge in [-0.25, -0.2) is 4.79 Å². The van der Waals surface area contributed by atoms with Gasteiger partial charge in [-0.15, -0.1) is 4.73 Å². The molecule has 0 atom stereocenters. The van der Waals surface area contributed by atoms with Gasteiger partial charge in [0.1, 0.15) is 0 Å². The van der Waals surface area contributed by atoms with Gasteiger partial charge in [0, 0.05) is 6.20 Å². The van der Waals surface area contributed by atoms with Gasteiger partial charge in [-0.05, 0) is 0 Å². The van der Waals surface area contributed by atoms with E-state index in [1.807, 2.05) is 0 Å². The number of hydrogen-bond donors (Lipinski definition) is 0. The fraction of sp³-hybridized carbons (Fsp3) is 0.167. The lowest BCUT2D eigenvalue weighted by molar-refractivity contribution is -0.200. The molecule has 0 fully saturated rings. The molecule has 0 aromatic carbocycles. The van der Waals surface area contributed by atoms with E-state index in [0.29, 0.717) is 6.20 Å². The number of halogens is 3. The molecule has 76 valence electrons. The van der Waals surface area contributed by atoms with Gasteiger partial charge >= 0.3 is 17.7 Å². The van der Waals surface area contributed by atoms with Crippen LogP contribution in [0.3, 0.4) is 0 Å². The topological polar surface area (TPSA) is 61.2 Å². The van der Waals surface area contributed by atoms with Gasteiger partial charge in [0.2, 0.25) is 0 Å². The number of alkyl halides is 3. The molecule has 5 nitrogen and oxygen atoms in total. The summed E-state index contributed by atoms with van der Waals surface area (Å²) in [6, 6.07) is 0. The number of carbonyl (C=O) groups is 1. The number of rotatable bonds is 1. The number of hydrogen-bond acceptors (Lipinski definition) is 4. The minimum atomic E-state index is -5.14. The van der Waals surface area contributed by atoms with Crippen molar-refractivity contribution in [3.05, 3.63) is 28.9 Å². The first-order valence-electron chi connectivity index (χ1n) is 3.23. The van der Waals surface area contributed by atoms with E-state index >= 15 is 0 Å². The van der Waals surface area contributed by atoms with Crippen molar-refractivity contribution in [3.8, 4) is 0 Å². The third kappa shape index (κ3) is 2.31. The van der Waals surface area contributed by atoms with Gasteiger partial charge in [0.05, 0.1) is 12.4 Å². The average molecular weight is 208 g/mol. The summed E-state index contributed by atoms with van der Waals surface area (Å²) in [6.07, 6.45) is -2.62. The Balaban J connectivity index is 2.86. The van der Waals surface area contributed by atoms with Crippen LogP contribution in [-0.2, 0) is 4.79 Å². The van der Waals surface area contributed by atoms with E-state index in [0.717, 1.165) is 12.4 Å². The van der Waals surface area contributed by atoms with Gasteiger partial charge in [-0.2, -0.15) is 13.2 Å². The predicted octanol–water partition coefficient (Wildman–Crippen LogP) is -0.239. The molecule has 1 heterocycles. The summed E-state index contributed by atoms with van der Waals surface area (Å²) < 4.78 is 35.1. The van der Waals surface area contributed by atoms with Crippen LogP contribution in [0, 0.1) is 0 Å². The largest absolute Gasteiger partial charge is 0.493 e. The molecule has 1 rings (SSSR count). The zero-order chi connectivity index (χ0) is 10.8. The molecule has 1 aromatic rings. The van der Waals surface area contributed by atoms with Gasteiger partial charge in [0.15, 0.2) is 0 Å². The van der Waals surface area contributed by atoms with E-state index in [1.165, 1.54) is 0 Å². The van der Waals surface area contributed by atoms with Crippen LogP contribution in [0.25, 0.3) is 0 Å². The lowest BCUT2D eigenvalue weighted by Gasteiger charge is -2.06. The summed E-state index contributed by atoms with van der Waals surface area (Å²) in [4.78, 5) is 28.0. The molecule has 14 heavy (non-hydrogen) atoms. The molecule has 0 unspecified atom stereocenters. The number of aromatic nitrogens is 2. The normalized spacial score (nSPS) is 11.1. The highest BCUT2D eigenvalue weighted by Gasteiger charge is 2.42. The zero-order valence-corrected chi connectivity index (χ0v) is 6.49. The Morgan fingerprint density at radius 1 is 1.50 bits per heavy atom. The lowest BCUT2D eigenvalue weighted by Crippen LogP contribution is -2.37. The molecule has 0 spiro atoms. The van der Waals surface area contributed by atoms with E-state index < -0.39 is 17.7 Å². The first-order valence-corrected chi connectivity index (χ1v) is 3.23. The Hall–Kier alpha value is -1.86. The Bertz CT molecular complexity index is 398. The van der Waals surface area contributed by atoms with Crippen molar-refractivity contribution in [2.75, 3.05) is 0 Å². The molecule has 8 heteroatoms. The molecule has 0 aliphatic heterocycles. The monoisotopic (exact) mass is 208 g/mol. The molecule has 0 amide bonds.